The molecule has 0 bridgehead atoms. The average molecular weight is 636 g/mol. The molecule has 2 saturated carbocycles. The molecule has 4 N–H and O–H groups in total. The number of hydrogen-bond donors (Lipinski definition) is 3. The summed E-state index contributed by atoms with van der Waals surface area (Å²) in [5.74, 6) is -0.905. The molecule has 2 aromatic carbocycles. The van der Waals surface area contributed by atoms with Gasteiger partial charge in [0.15, 0.2) is 0 Å². The van der Waals surface area contributed by atoms with Crippen molar-refractivity contribution < 1.29 is 37.3 Å². The number of pyridine rings is 1. The Kier molecular flexibility index (Phi) is 6.82. The number of aromatic nitrogens is 3. The van der Waals surface area contributed by atoms with Crippen LogP contribution in [0.25, 0.3) is 22.2 Å². The molecule has 2 atom stereocenters. The van der Waals surface area contributed by atoms with E-state index in [0.29, 0.717) is 41.3 Å². The Labute approximate surface area is 261 Å². The second kappa shape index (κ2) is 10.4. The van der Waals surface area contributed by atoms with E-state index in [-0.39, 0.29) is 41.8 Å². The predicted octanol–water partition coefficient (Wildman–Crippen LogP) is 4.62. The summed E-state index contributed by atoms with van der Waals surface area (Å²) >= 11 is 0. The van der Waals surface area contributed by atoms with Gasteiger partial charge in [0.1, 0.15) is 40.3 Å². The number of halogens is 3. The molecule has 0 radical (unpaired) electrons. The van der Waals surface area contributed by atoms with Crippen LogP contribution in [-0.2, 0) is 22.0 Å². The van der Waals surface area contributed by atoms with Crippen molar-refractivity contribution in [3.8, 4) is 22.8 Å². The minimum Gasteiger partial charge on any atom is -0.494 e. The quantitative estimate of drug-likeness (QED) is 0.244. The number of alkyl halides is 3. The normalized spacial score (nSPS) is 20.6. The lowest BCUT2D eigenvalue weighted by molar-refractivity contribution is -0.137. The van der Waals surface area contributed by atoms with Crippen molar-refractivity contribution in [2.75, 3.05) is 20.3 Å². The SMILES string of the molecule is COc1cc(C(=O)NC[C@](O)(c2cc3c(c(-c4cccc(C(F)(F)F)c4)n2)OC[C@]3(C)C(N)=O)C2CC2)cc2cn(C3CC3)nc12. The van der Waals surface area contributed by atoms with E-state index in [4.69, 9.17) is 15.2 Å². The van der Waals surface area contributed by atoms with Gasteiger partial charge in [0.05, 0.1) is 31.0 Å². The molecule has 2 amide bonds. The number of aliphatic hydroxyl groups is 1. The van der Waals surface area contributed by atoms with Gasteiger partial charge in [-0.2, -0.15) is 18.3 Å². The molecule has 7 rings (SSSR count). The number of primary amides is 1. The van der Waals surface area contributed by atoms with Crippen LogP contribution < -0.4 is 20.5 Å². The van der Waals surface area contributed by atoms with Crippen molar-refractivity contribution in [1.82, 2.24) is 20.1 Å². The standard InChI is InChI=1S/C33H32F3N5O5/c1-31(30(37)43)16-46-28-23(31)13-25(39-27(28)17-4-3-5-21(11-17)33(34,35)36)32(44,20-6-7-20)15-38-29(42)18-10-19-14-41(22-8-9-22)40-26(19)24(12-18)45-2/h3-5,10-14,20,22,44H,6-9,15-16H2,1-2H3,(H2,37,43)(H,38,42)/t31-,32+/m0/s1. The smallest absolute Gasteiger partial charge is 0.416 e. The Morgan fingerprint density at radius 3 is 2.59 bits per heavy atom. The molecule has 0 spiro atoms. The molecule has 0 unspecified atom stereocenters. The Morgan fingerprint density at radius 2 is 1.93 bits per heavy atom. The molecule has 3 aliphatic rings. The van der Waals surface area contributed by atoms with Crippen molar-refractivity contribution in [2.45, 2.75) is 55.8 Å². The molecule has 240 valence electrons. The van der Waals surface area contributed by atoms with Crippen LogP contribution in [0.4, 0.5) is 13.2 Å². The van der Waals surface area contributed by atoms with Crippen molar-refractivity contribution in [1.29, 1.82) is 0 Å². The van der Waals surface area contributed by atoms with Gasteiger partial charge in [-0.05, 0) is 68.9 Å². The molecule has 1 aliphatic heterocycles. The zero-order chi connectivity index (χ0) is 32.6. The summed E-state index contributed by atoms with van der Waals surface area (Å²) in [4.78, 5) is 30.8. The highest BCUT2D eigenvalue weighted by Gasteiger charge is 2.50. The van der Waals surface area contributed by atoms with Crippen LogP contribution in [0, 0.1) is 5.92 Å². The van der Waals surface area contributed by atoms with Gasteiger partial charge >= 0.3 is 6.18 Å². The minimum atomic E-state index is -4.61. The van der Waals surface area contributed by atoms with E-state index in [1.165, 1.54) is 25.3 Å². The number of nitrogens with two attached hydrogens (primary N) is 1. The monoisotopic (exact) mass is 635 g/mol. The molecular formula is C33H32F3N5O5. The number of carbonyl (C=O) groups is 2. The second-order valence-electron chi connectivity index (χ2n) is 12.6. The molecule has 2 aromatic heterocycles. The first-order valence-corrected chi connectivity index (χ1v) is 15.1. The van der Waals surface area contributed by atoms with Gasteiger partial charge in [0.25, 0.3) is 5.91 Å². The lowest BCUT2D eigenvalue weighted by Crippen LogP contribution is -2.44. The van der Waals surface area contributed by atoms with Crippen LogP contribution >= 0.6 is 0 Å². The first-order chi connectivity index (χ1) is 21.8. The Morgan fingerprint density at radius 1 is 1.17 bits per heavy atom. The van der Waals surface area contributed by atoms with Crippen molar-refractivity contribution in [3.63, 3.8) is 0 Å². The summed E-state index contributed by atoms with van der Waals surface area (Å²) in [6.07, 6.45) is 0.622. The van der Waals surface area contributed by atoms with Crippen LogP contribution in [0.1, 0.15) is 65.8 Å². The molecular weight excluding hydrogens is 603 g/mol. The fourth-order valence-electron chi connectivity index (χ4n) is 6.10. The number of nitrogens with zero attached hydrogens (tertiary/aromatic N) is 3. The lowest BCUT2D eigenvalue weighted by atomic mass is 9.81. The topological polar surface area (TPSA) is 142 Å². The number of nitrogens with one attached hydrogen (secondary N) is 1. The zero-order valence-electron chi connectivity index (χ0n) is 25.1. The second-order valence-corrected chi connectivity index (χ2v) is 12.6. The van der Waals surface area contributed by atoms with Crippen LogP contribution in [0.2, 0.25) is 0 Å². The highest BCUT2D eigenvalue weighted by atomic mass is 19.4. The van der Waals surface area contributed by atoms with Crippen molar-refractivity contribution >= 4 is 22.7 Å². The Hall–Kier alpha value is -4.65. The molecule has 13 heteroatoms. The summed E-state index contributed by atoms with van der Waals surface area (Å²) in [5.41, 5.74) is 3.33. The molecule has 3 heterocycles. The number of rotatable bonds is 9. The predicted molar refractivity (Wildman–Crippen MR) is 160 cm³/mol. The zero-order valence-corrected chi connectivity index (χ0v) is 25.1. The third-order valence-corrected chi connectivity index (χ3v) is 9.29. The van der Waals surface area contributed by atoms with E-state index < -0.39 is 34.6 Å². The van der Waals surface area contributed by atoms with Crippen molar-refractivity contribution in [2.24, 2.45) is 11.7 Å². The maximum Gasteiger partial charge on any atom is 0.416 e. The van der Waals surface area contributed by atoms with Gasteiger partial charge in [-0.25, -0.2) is 4.98 Å². The number of fused-ring (bicyclic) bond motifs is 2. The van der Waals surface area contributed by atoms with Gasteiger partial charge in [-0.15, -0.1) is 0 Å². The molecule has 4 aromatic rings. The molecule has 0 saturated heterocycles. The summed E-state index contributed by atoms with van der Waals surface area (Å²) in [6, 6.07) is 9.77. The number of amides is 2. The van der Waals surface area contributed by atoms with Gasteiger partial charge < -0.3 is 25.6 Å². The summed E-state index contributed by atoms with van der Waals surface area (Å²) in [5, 5.41) is 20.4. The third kappa shape index (κ3) is 5.02. The largest absolute Gasteiger partial charge is 0.494 e. The van der Waals surface area contributed by atoms with E-state index >= 15 is 0 Å². The van der Waals surface area contributed by atoms with Gasteiger partial charge in [-0.3, -0.25) is 14.3 Å². The minimum absolute atomic E-state index is 0.0387. The summed E-state index contributed by atoms with van der Waals surface area (Å²) in [6.45, 7) is 1.18. The number of ether oxygens (including phenoxy) is 2. The van der Waals surface area contributed by atoms with Gasteiger partial charge in [-0.1, -0.05) is 12.1 Å². The Balaban J connectivity index is 1.27. The number of hydrogen-bond acceptors (Lipinski definition) is 7. The Bertz CT molecular complexity index is 1900. The van der Waals surface area contributed by atoms with E-state index in [9.17, 15) is 27.9 Å². The third-order valence-electron chi connectivity index (χ3n) is 9.29. The first-order valence-electron chi connectivity index (χ1n) is 15.1. The van der Waals surface area contributed by atoms with E-state index in [2.05, 4.69) is 15.4 Å². The van der Waals surface area contributed by atoms with Crippen LogP contribution in [0.5, 0.6) is 11.5 Å². The maximum atomic E-state index is 13.7. The van der Waals surface area contributed by atoms with E-state index in [1.807, 2.05) is 10.9 Å². The average Bonchev–Trinajstić information content (AvgIpc) is 3.98. The molecule has 10 nitrogen and oxygen atoms in total. The number of benzene rings is 2. The van der Waals surface area contributed by atoms with Crippen molar-refractivity contribution in [3.05, 3.63) is 71.0 Å². The fourth-order valence-corrected chi connectivity index (χ4v) is 6.10. The summed E-state index contributed by atoms with van der Waals surface area (Å²) < 4.78 is 54.2. The van der Waals surface area contributed by atoms with Crippen LogP contribution in [0.15, 0.2) is 48.7 Å². The summed E-state index contributed by atoms with van der Waals surface area (Å²) in [7, 11) is 1.50. The van der Waals surface area contributed by atoms with E-state index in [0.717, 1.165) is 30.4 Å². The van der Waals surface area contributed by atoms with Crippen LogP contribution in [-0.4, -0.2) is 51.9 Å². The van der Waals surface area contributed by atoms with Gasteiger partial charge in [0.2, 0.25) is 5.91 Å². The molecule has 2 fully saturated rings. The number of carbonyl (C=O) groups excluding carboxylic acids is 2. The maximum absolute atomic E-state index is 13.7. The highest BCUT2D eigenvalue weighted by Crippen LogP contribution is 2.50. The fraction of sp³-hybridized carbons (Fsp3) is 0.394. The van der Waals surface area contributed by atoms with Gasteiger partial charge in [0, 0.05) is 28.3 Å². The number of methoxy groups -OCH3 is 1. The highest BCUT2D eigenvalue weighted by molar-refractivity contribution is 6.00. The first kappa shape index (κ1) is 30.0. The van der Waals surface area contributed by atoms with Crippen LogP contribution in [0.3, 0.4) is 0 Å². The lowest BCUT2D eigenvalue weighted by Gasteiger charge is -2.30. The van der Waals surface area contributed by atoms with E-state index in [1.54, 1.807) is 19.1 Å². The molecule has 2 aliphatic carbocycles. The molecule has 46 heavy (non-hydrogen) atoms.